The third-order valence-electron chi connectivity index (χ3n) is 5.76. The van der Waals surface area contributed by atoms with E-state index in [1.165, 1.54) is 57.3 Å². The van der Waals surface area contributed by atoms with Gasteiger partial charge in [0.2, 0.25) is 0 Å². The molecular formula is C20H32N4. The Kier molecular flexibility index (Phi) is 5.64. The van der Waals surface area contributed by atoms with Gasteiger partial charge in [-0.25, -0.2) is 0 Å². The van der Waals surface area contributed by atoms with Crippen LogP contribution in [0.15, 0.2) is 35.3 Å². The molecule has 1 aliphatic heterocycles. The van der Waals surface area contributed by atoms with E-state index in [-0.39, 0.29) is 0 Å². The second kappa shape index (κ2) is 7.91. The van der Waals surface area contributed by atoms with E-state index in [4.69, 9.17) is 0 Å². The van der Waals surface area contributed by atoms with Crippen LogP contribution in [0.3, 0.4) is 0 Å². The Labute approximate surface area is 146 Å². The molecule has 1 heterocycles. The Balaban J connectivity index is 1.34. The minimum absolute atomic E-state index is 0.635. The van der Waals surface area contributed by atoms with Crippen molar-refractivity contribution in [3.8, 4) is 0 Å². The quantitative estimate of drug-likeness (QED) is 0.493. The van der Waals surface area contributed by atoms with Crippen LogP contribution in [0.25, 0.3) is 0 Å². The van der Waals surface area contributed by atoms with Gasteiger partial charge in [0.15, 0.2) is 5.96 Å². The Bertz CT molecular complexity index is 536. The van der Waals surface area contributed by atoms with Crippen molar-refractivity contribution < 1.29 is 0 Å². The second-order valence-corrected chi connectivity index (χ2v) is 7.46. The highest BCUT2D eigenvalue weighted by Gasteiger charge is 2.43. The average Bonchev–Trinajstić information content (AvgIpc) is 3.04. The zero-order chi connectivity index (χ0) is 16.8. The fraction of sp³-hybridized carbons (Fsp3) is 0.650. The summed E-state index contributed by atoms with van der Waals surface area (Å²) in [7, 11) is 4.08. The number of aliphatic imine (C=N–C) groups is 1. The molecule has 3 rings (SSSR count). The van der Waals surface area contributed by atoms with Crippen molar-refractivity contribution in [3.05, 3.63) is 30.3 Å². The third-order valence-corrected chi connectivity index (χ3v) is 5.76. The van der Waals surface area contributed by atoms with Crippen LogP contribution in [0.1, 0.15) is 38.5 Å². The monoisotopic (exact) mass is 328 g/mol. The Morgan fingerprint density at radius 1 is 1.21 bits per heavy atom. The van der Waals surface area contributed by atoms with Gasteiger partial charge < -0.3 is 15.1 Å². The van der Waals surface area contributed by atoms with Crippen LogP contribution < -0.4 is 10.2 Å². The Hall–Kier alpha value is -1.71. The summed E-state index contributed by atoms with van der Waals surface area (Å²) in [5.74, 6) is 1.11. The SMILES string of the molecule is CN=C(NCCCCN(C)c1ccccc1)N1CCC2(CCC2)C1. The average molecular weight is 329 g/mol. The minimum Gasteiger partial charge on any atom is -0.375 e. The standard InChI is InChI=1S/C20H32N4/c1-21-19(24-16-13-20(17-24)11-8-12-20)22-14-6-7-15-23(2)18-9-4-3-5-10-18/h3-5,9-10H,6-8,11-17H2,1-2H3,(H,21,22). The van der Waals surface area contributed by atoms with E-state index in [2.05, 4.69) is 57.5 Å². The molecule has 1 saturated heterocycles. The number of hydrogen-bond acceptors (Lipinski definition) is 2. The number of likely N-dealkylation sites (tertiary alicyclic amines) is 1. The Morgan fingerprint density at radius 3 is 2.62 bits per heavy atom. The number of nitrogens with one attached hydrogen (secondary N) is 1. The highest BCUT2D eigenvalue weighted by molar-refractivity contribution is 5.80. The minimum atomic E-state index is 0.635. The number of para-hydroxylation sites is 1. The van der Waals surface area contributed by atoms with Crippen molar-refractivity contribution in [2.24, 2.45) is 10.4 Å². The smallest absolute Gasteiger partial charge is 0.193 e. The molecule has 0 radical (unpaired) electrons. The van der Waals surface area contributed by atoms with E-state index < -0.39 is 0 Å². The van der Waals surface area contributed by atoms with Gasteiger partial charge in [0.1, 0.15) is 0 Å². The largest absolute Gasteiger partial charge is 0.375 e. The molecule has 0 unspecified atom stereocenters. The normalized spacial score (nSPS) is 19.4. The molecule has 0 atom stereocenters. The van der Waals surface area contributed by atoms with Crippen LogP contribution in [-0.4, -0.2) is 51.1 Å². The molecular weight excluding hydrogens is 296 g/mol. The predicted molar refractivity (Wildman–Crippen MR) is 103 cm³/mol. The second-order valence-electron chi connectivity index (χ2n) is 7.46. The summed E-state index contributed by atoms with van der Waals surface area (Å²) in [4.78, 5) is 9.29. The molecule has 1 spiro atoms. The molecule has 0 amide bonds. The van der Waals surface area contributed by atoms with Gasteiger partial charge in [-0.05, 0) is 49.7 Å². The van der Waals surface area contributed by atoms with Gasteiger partial charge in [0.05, 0.1) is 0 Å². The molecule has 1 aromatic carbocycles. The van der Waals surface area contributed by atoms with E-state index >= 15 is 0 Å². The summed E-state index contributed by atoms with van der Waals surface area (Å²) in [5.41, 5.74) is 1.93. The first-order valence-electron chi connectivity index (χ1n) is 9.44. The molecule has 4 nitrogen and oxygen atoms in total. The van der Waals surface area contributed by atoms with Crippen molar-refractivity contribution in [3.63, 3.8) is 0 Å². The number of rotatable bonds is 6. The van der Waals surface area contributed by atoms with Gasteiger partial charge in [0.25, 0.3) is 0 Å². The van der Waals surface area contributed by atoms with Gasteiger partial charge in [-0.3, -0.25) is 4.99 Å². The van der Waals surface area contributed by atoms with Crippen molar-refractivity contribution in [1.29, 1.82) is 0 Å². The van der Waals surface area contributed by atoms with E-state index in [1.54, 1.807) is 0 Å². The summed E-state index contributed by atoms with van der Waals surface area (Å²) < 4.78 is 0. The van der Waals surface area contributed by atoms with Crippen molar-refractivity contribution >= 4 is 11.6 Å². The van der Waals surface area contributed by atoms with Gasteiger partial charge in [-0.1, -0.05) is 24.6 Å². The first-order chi connectivity index (χ1) is 11.7. The number of unbranched alkanes of at least 4 members (excludes halogenated alkanes) is 1. The Morgan fingerprint density at radius 2 is 2.00 bits per heavy atom. The predicted octanol–water partition coefficient (Wildman–Crippen LogP) is 3.35. The van der Waals surface area contributed by atoms with Crippen LogP contribution in [0.2, 0.25) is 0 Å². The van der Waals surface area contributed by atoms with Crippen LogP contribution in [0.5, 0.6) is 0 Å². The van der Waals surface area contributed by atoms with E-state index in [0.29, 0.717) is 5.41 Å². The number of guanidine groups is 1. The van der Waals surface area contributed by atoms with Gasteiger partial charge in [-0.2, -0.15) is 0 Å². The maximum Gasteiger partial charge on any atom is 0.193 e. The third kappa shape index (κ3) is 4.03. The summed E-state index contributed by atoms with van der Waals surface area (Å²) >= 11 is 0. The van der Waals surface area contributed by atoms with Gasteiger partial charge in [0, 0.05) is 46.0 Å². The molecule has 132 valence electrons. The zero-order valence-corrected chi connectivity index (χ0v) is 15.3. The lowest BCUT2D eigenvalue weighted by Crippen LogP contribution is -2.42. The molecule has 1 aromatic rings. The van der Waals surface area contributed by atoms with Crippen LogP contribution >= 0.6 is 0 Å². The number of hydrogen-bond donors (Lipinski definition) is 1. The maximum atomic E-state index is 4.50. The lowest BCUT2D eigenvalue weighted by atomic mass is 9.68. The molecule has 1 saturated carbocycles. The van der Waals surface area contributed by atoms with Gasteiger partial charge in [-0.15, -0.1) is 0 Å². The van der Waals surface area contributed by atoms with Crippen LogP contribution in [0.4, 0.5) is 5.69 Å². The fourth-order valence-electron chi connectivity index (χ4n) is 4.02. The lowest BCUT2D eigenvalue weighted by Gasteiger charge is -2.38. The van der Waals surface area contributed by atoms with Crippen molar-refractivity contribution in [2.45, 2.75) is 38.5 Å². The van der Waals surface area contributed by atoms with E-state index in [0.717, 1.165) is 19.0 Å². The topological polar surface area (TPSA) is 30.9 Å². The molecule has 2 aliphatic rings. The maximum absolute atomic E-state index is 4.50. The lowest BCUT2D eigenvalue weighted by molar-refractivity contribution is 0.151. The number of anilines is 1. The molecule has 0 bridgehead atoms. The first kappa shape index (κ1) is 17.1. The molecule has 1 aliphatic carbocycles. The molecule has 2 fully saturated rings. The number of benzene rings is 1. The summed E-state index contributed by atoms with van der Waals surface area (Å²) in [6, 6.07) is 10.6. The summed E-state index contributed by atoms with van der Waals surface area (Å²) in [5, 5.41) is 3.57. The van der Waals surface area contributed by atoms with Crippen molar-refractivity contribution in [1.82, 2.24) is 10.2 Å². The fourth-order valence-corrected chi connectivity index (χ4v) is 4.02. The highest BCUT2D eigenvalue weighted by Crippen LogP contribution is 2.47. The summed E-state index contributed by atoms with van der Waals surface area (Å²) in [6.45, 7) is 4.50. The van der Waals surface area contributed by atoms with Gasteiger partial charge >= 0.3 is 0 Å². The summed E-state index contributed by atoms with van der Waals surface area (Å²) in [6.07, 6.45) is 8.00. The first-order valence-corrected chi connectivity index (χ1v) is 9.44. The molecule has 1 N–H and O–H groups in total. The molecule has 4 heteroatoms. The van der Waals surface area contributed by atoms with Crippen LogP contribution in [-0.2, 0) is 0 Å². The van der Waals surface area contributed by atoms with Crippen molar-refractivity contribution in [2.75, 3.05) is 45.2 Å². The van der Waals surface area contributed by atoms with Crippen LogP contribution in [0, 0.1) is 5.41 Å². The van der Waals surface area contributed by atoms with E-state index in [1.807, 2.05) is 7.05 Å². The highest BCUT2D eigenvalue weighted by atomic mass is 15.3. The molecule has 24 heavy (non-hydrogen) atoms. The molecule has 0 aromatic heterocycles. The number of nitrogens with zero attached hydrogens (tertiary/aromatic N) is 3. The zero-order valence-electron chi connectivity index (χ0n) is 15.3. The van der Waals surface area contributed by atoms with E-state index in [9.17, 15) is 0 Å².